The molecule has 7 nitrogen and oxygen atoms in total. The largest absolute Gasteiger partial charge is 0.480 e. The van der Waals surface area contributed by atoms with E-state index in [1.165, 1.54) is 11.9 Å². The van der Waals surface area contributed by atoms with Crippen LogP contribution in [-0.4, -0.2) is 65.5 Å². The van der Waals surface area contributed by atoms with Gasteiger partial charge in [-0.05, 0) is 24.4 Å². The summed E-state index contributed by atoms with van der Waals surface area (Å²) in [4.78, 5) is 39.3. The van der Waals surface area contributed by atoms with E-state index in [0.29, 0.717) is 19.5 Å². The molecule has 1 amide bonds. The first-order valence-electron chi connectivity index (χ1n) is 9.21. The number of benzene rings is 1. The summed E-state index contributed by atoms with van der Waals surface area (Å²) in [6, 6.07) is 8.61. The molecular formula is C20H28N2O5. The number of likely N-dealkylation sites (tertiary alicyclic amines) is 1. The van der Waals surface area contributed by atoms with Crippen LogP contribution in [0.1, 0.15) is 25.8 Å². The molecule has 0 bridgehead atoms. The Morgan fingerprint density at radius 2 is 1.93 bits per heavy atom. The van der Waals surface area contributed by atoms with Crippen molar-refractivity contribution in [3.63, 3.8) is 0 Å². The third-order valence-electron chi connectivity index (χ3n) is 4.87. The zero-order chi connectivity index (χ0) is 20.0. The molecule has 1 aromatic carbocycles. The Hall–Kier alpha value is -2.41. The fraction of sp³-hybridized carbons (Fsp3) is 0.550. The van der Waals surface area contributed by atoms with Gasteiger partial charge in [-0.25, -0.2) is 4.79 Å². The zero-order valence-electron chi connectivity index (χ0n) is 16.1. The van der Waals surface area contributed by atoms with Gasteiger partial charge in [-0.3, -0.25) is 14.5 Å². The molecule has 0 saturated carbocycles. The van der Waals surface area contributed by atoms with E-state index in [9.17, 15) is 19.5 Å². The molecule has 1 aliphatic heterocycles. The highest BCUT2D eigenvalue weighted by molar-refractivity contribution is 5.85. The van der Waals surface area contributed by atoms with E-state index in [4.69, 9.17) is 4.74 Å². The number of aliphatic carboxylic acids is 1. The Morgan fingerprint density at radius 3 is 2.52 bits per heavy atom. The number of hydrogen-bond acceptors (Lipinski definition) is 5. The van der Waals surface area contributed by atoms with Crippen LogP contribution in [-0.2, 0) is 25.7 Å². The lowest BCUT2D eigenvalue weighted by atomic mass is 10.0. The SMILES string of the molecule is CC(C)[C@@H](C(=O)O)N(C)C(=O)[C@H]1CCN(CC(=O)OCc2ccccc2)C1. The summed E-state index contributed by atoms with van der Waals surface area (Å²) in [5, 5.41) is 9.36. The van der Waals surface area contributed by atoms with Gasteiger partial charge in [0, 0.05) is 13.6 Å². The minimum atomic E-state index is -1.000. The number of carboxylic acids is 1. The molecule has 1 N–H and O–H groups in total. The highest BCUT2D eigenvalue weighted by atomic mass is 16.5. The van der Waals surface area contributed by atoms with Crippen LogP contribution in [0.25, 0.3) is 0 Å². The standard InChI is InChI=1S/C20H28N2O5/c1-14(2)18(20(25)26)21(3)19(24)16-9-10-22(11-16)12-17(23)27-13-15-7-5-4-6-8-15/h4-8,14,16,18H,9-13H2,1-3H3,(H,25,26)/t16-,18-/m0/s1. The van der Waals surface area contributed by atoms with Gasteiger partial charge in [0.2, 0.25) is 5.91 Å². The van der Waals surface area contributed by atoms with Crippen LogP contribution < -0.4 is 0 Å². The van der Waals surface area contributed by atoms with Crippen molar-refractivity contribution in [1.82, 2.24) is 9.80 Å². The fourth-order valence-electron chi connectivity index (χ4n) is 3.47. The molecular weight excluding hydrogens is 348 g/mol. The molecule has 1 aliphatic rings. The van der Waals surface area contributed by atoms with Gasteiger partial charge in [0.05, 0.1) is 12.5 Å². The number of esters is 1. The Balaban J connectivity index is 1.82. The zero-order valence-corrected chi connectivity index (χ0v) is 16.1. The average Bonchev–Trinajstić information content (AvgIpc) is 3.08. The Kier molecular flexibility index (Phi) is 7.36. The number of rotatable bonds is 8. The molecule has 148 valence electrons. The number of likely N-dealkylation sites (N-methyl/N-ethyl adjacent to an activating group) is 1. The minimum Gasteiger partial charge on any atom is -0.480 e. The van der Waals surface area contributed by atoms with E-state index < -0.39 is 12.0 Å². The number of ether oxygens (including phenoxy) is 1. The number of carboxylic acid groups (broad SMARTS) is 1. The second-order valence-electron chi connectivity index (χ2n) is 7.34. The van der Waals surface area contributed by atoms with E-state index in [0.717, 1.165) is 5.56 Å². The minimum absolute atomic E-state index is 0.132. The normalized spacial score (nSPS) is 18.3. The fourth-order valence-corrected chi connectivity index (χ4v) is 3.47. The smallest absolute Gasteiger partial charge is 0.326 e. The van der Waals surface area contributed by atoms with Crippen molar-refractivity contribution in [3.05, 3.63) is 35.9 Å². The maximum atomic E-state index is 12.7. The Morgan fingerprint density at radius 1 is 1.26 bits per heavy atom. The number of carbonyl (C=O) groups is 3. The van der Waals surface area contributed by atoms with Crippen LogP contribution in [0.2, 0.25) is 0 Å². The third-order valence-corrected chi connectivity index (χ3v) is 4.87. The molecule has 27 heavy (non-hydrogen) atoms. The molecule has 1 saturated heterocycles. The van der Waals surface area contributed by atoms with Gasteiger partial charge in [0.1, 0.15) is 12.6 Å². The first kappa shape index (κ1) is 20.9. The number of nitrogens with zero attached hydrogens (tertiary/aromatic N) is 2. The lowest BCUT2D eigenvalue weighted by molar-refractivity contribution is -0.152. The molecule has 1 aromatic rings. The van der Waals surface area contributed by atoms with Crippen LogP contribution in [0, 0.1) is 11.8 Å². The van der Waals surface area contributed by atoms with Crippen molar-refractivity contribution in [1.29, 1.82) is 0 Å². The summed E-state index contributed by atoms with van der Waals surface area (Å²) in [5.41, 5.74) is 0.926. The van der Waals surface area contributed by atoms with Crippen LogP contribution in [0.15, 0.2) is 30.3 Å². The Labute approximate surface area is 159 Å². The highest BCUT2D eigenvalue weighted by Gasteiger charge is 2.36. The molecule has 1 heterocycles. The van der Waals surface area contributed by atoms with Gasteiger partial charge in [-0.15, -0.1) is 0 Å². The summed E-state index contributed by atoms with van der Waals surface area (Å²) in [5.74, 6) is -1.98. The van der Waals surface area contributed by atoms with E-state index >= 15 is 0 Å². The first-order chi connectivity index (χ1) is 12.8. The molecule has 0 radical (unpaired) electrons. The number of hydrogen-bond donors (Lipinski definition) is 1. The molecule has 0 aromatic heterocycles. The summed E-state index contributed by atoms with van der Waals surface area (Å²) >= 11 is 0. The van der Waals surface area contributed by atoms with Crippen molar-refractivity contribution in [2.45, 2.75) is 32.9 Å². The van der Waals surface area contributed by atoms with Crippen molar-refractivity contribution in [3.8, 4) is 0 Å². The first-order valence-corrected chi connectivity index (χ1v) is 9.21. The van der Waals surface area contributed by atoms with E-state index in [1.807, 2.05) is 35.2 Å². The maximum absolute atomic E-state index is 12.7. The summed E-state index contributed by atoms with van der Waals surface area (Å²) in [6.07, 6.45) is 0.611. The molecule has 0 spiro atoms. The van der Waals surface area contributed by atoms with Crippen molar-refractivity contribution in [2.24, 2.45) is 11.8 Å². The quantitative estimate of drug-likeness (QED) is 0.694. The van der Waals surface area contributed by atoms with Crippen molar-refractivity contribution in [2.75, 3.05) is 26.7 Å². The third kappa shape index (κ3) is 5.79. The van der Waals surface area contributed by atoms with Crippen LogP contribution in [0.5, 0.6) is 0 Å². The van der Waals surface area contributed by atoms with Gasteiger partial charge in [-0.1, -0.05) is 44.2 Å². The number of carbonyl (C=O) groups excluding carboxylic acids is 2. The van der Waals surface area contributed by atoms with Gasteiger partial charge < -0.3 is 14.7 Å². The van der Waals surface area contributed by atoms with Crippen LogP contribution in [0.3, 0.4) is 0 Å². The molecule has 1 fully saturated rings. The summed E-state index contributed by atoms with van der Waals surface area (Å²) in [6.45, 7) is 4.98. The van der Waals surface area contributed by atoms with Gasteiger partial charge in [0.25, 0.3) is 0 Å². The molecule has 0 unspecified atom stereocenters. The predicted molar refractivity (Wildman–Crippen MR) is 99.8 cm³/mol. The monoisotopic (exact) mass is 376 g/mol. The molecule has 2 atom stereocenters. The van der Waals surface area contributed by atoms with Crippen LogP contribution >= 0.6 is 0 Å². The van der Waals surface area contributed by atoms with Crippen molar-refractivity contribution >= 4 is 17.8 Å². The molecule has 2 rings (SSSR count). The van der Waals surface area contributed by atoms with E-state index in [1.54, 1.807) is 13.8 Å². The highest BCUT2D eigenvalue weighted by Crippen LogP contribution is 2.21. The van der Waals surface area contributed by atoms with Gasteiger partial charge in [0.15, 0.2) is 0 Å². The second-order valence-corrected chi connectivity index (χ2v) is 7.34. The molecule has 0 aliphatic carbocycles. The maximum Gasteiger partial charge on any atom is 0.326 e. The second kappa shape index (κ2) is 9.50. The van der Waals surface area contributed by atoms with Gasteiger partial charge in [-0.2, -0.15) is 0 Å². The lowest BCUT2D eigenvalue weighted by Crippen LogP contribution is -2.48. The summed E-state index contributed by atoms with van der Waals surface area (Å²) < 4.78 is 5.28. The average molecular weight is 376 g/mol. The van der Waals surface area contributed by atoms with Crippen LogP contribution in [0.4, 0.5) is 0 Å². The number of amides is 1. The van der Waals surface area contributed by atoms with Crippen molar-refractivity contribution < 1.29 is 24.2 Å². The molecule has 7 heteroatoms. The van der Waals surface area contributed by atoms with E-state index in [-0.39, 0.29) is 36.9 Å². The summed E-state index contributed by atoms with van der Waals surface area (Å²) in [7, 11) is 1.54. The Bertz CT molecular complexity index is 662. The van der Waals surface area contributed by atoms with E-state index in [2.05, 4.69) is 0 Å². The predicted octanol–water partition coefficient (Wildman–Crippen LogP) is 1.62. The lowest BCUT2D eigenvalue weighted by Gasteiger charge is -2.29. The topological polar surface area (TPSA) is 87.2 Å². The van der Waals surface area contributed by atoms with Gasteiger partial charge >= 0.3 is 11.9 Å².